The van der Waals surface area contributed by atoms with Gasteiger partial charge in [0, 0.05) is 25.7 Å². The van der Waals surface area contributed by atoms with Crippen molar-refractivity contribution in [2.24, 2.45) is 0 Å². The number of aldehydes is 1. The van der Waals surface area contributed by atoms with E-state index in [9.17, 15) is 24.9 Å². The maximum Gasteiger partial charge on any atom is 0.252 e. The first-order valence-electron chi connectivity index (χ1n) is 8.89. The lowest BCUT2D eigenvalue weighted by Crippen LogP contribution is -2.57. The van der Waals surface area contributed by atoms with Gasteiger partial charge in [0.15, 0.2) is 11.5 Å². The van der Waals surface area contributed by atoms with E-state index in [2.05, 4.69) is 10.1 Å². The smallest absolute Gasteiger partial charge is 0.252 e. The molecule has 1 amide bonds. The Hall–Kier alpha value is -2.46. The Labute approximate surface area is 161 Å². The number of aliphatic hydroxyl groups excluding tert-OH is 3. The topological polar surface area (TPSA) is 135 Å². The van der Waals surface area contributed by atoms with Gasteiger partial charge in [-0.25, -0.2) is 0 Å². The van der Waals surface area contributed by atoms with Crippen LogP contribution in [0.1, 0.15) is 28.4 Å². The molecule has 152 valence electrons. The number of amides is 1. The van der Waals surface area contributed by atoms with E-state index in [-0.39, 0.29) is 18.8 Å². The van der Waals surface area contributed by atoms with Crippen LogP contribution in [-0.2, 0) is 16.0 Å². The number of benzene rings is 1. The maximum absolute atomic E-state index is 12.6. The Balaban J connectivity index is 0.000000516. The lowest BCUT2D eigenvalue weighted by atomic mass is 9.78. The number of hydrogen-bond donors (Lipinski definition) is 4. The predicted molar refractivity (Wildman–Crippen MR) is 97.1 cm³/mol. The zero-order valence-corrected chi connectivity index (χ0v) is 15.5. The van der Waals surface area contributed by atoms with Crippen LogP contribution >= 0.6 is 0 Å². The summed E-state index contributed by atoms with van der Waals surface area (Å²) in [6.45, 7) is 2.76. The fourth-order valence-corrected chi connectivity index (χ4v) is 3.48. The summed E-state index contributed by atoms with van der Waals surface area (Å²) in [6.07, 6.45) is -1.99. The minimum Gasteiger partial charge on any atom is -0.454 e. The zero-order valence-electron chi connectivity index (χ0n) is 15.5. The number of carbonyl (C=O) groups is 2. The van der Waals surface area contributed by atoms with Gasteiger partial charge in [-0.1, -0.05) is 0 Å². The molecule has 0 spiro atoms. The van der Waals surface area contributed by atoms with Crippen LogP contribution in [0.25, 0.3) is 5.57 Å². The van der Waals surface area contributed by atoms with Gasteiger partial charge in [0.1, 0.15) is 24.6 Å². The van der Waals surface area contributed by atoms with Gasteiger partial charge in [0.2, 0.25) is 6.79 Å². The fourth-order valence-electron chi connectivity index (χ4n) is 3.48. The highest BCUT2D eigenvalue weighted by Crippen LogP contribution is 2.45. The van der Waals surface area contributed by atoms with Crippen LogP contribution in [-0.4, -0.2) is 72.4 Å². The predicted octanol–water partition coefficient (Wildman–Crippen LogP) is -0.599. The Morgan fingerprint density at radius 3 is 2.64 bits per heavy atom. The SMILES string of the molecule is CCOC.O=CCc1c2c(cc3c1C(=O)N[C@@H]1C3=C[C@H](O)C(O)C1O)OCO2. The van der Waals surface area contributed by atoms with Gasteiger partial charge < -0.3 is 39.6 Å². The molecular weight excluding hydrogens is 370 g/mol. The Morgan fingerprint density at radius 1 is 1.29 bits per heavy atom. The lowest BCUT2D eigenvalue weighted by Gasteiger charge is -2.39. The average molecular weight is 393 g/mol. The normalized spacial score (nSPS) is 26.9. The molecule has 2 heterocycles. The van der Waals surface area contributed by atoms with Crippen LogP contribution in [0.5, 0.6) is 11.5 Å². The first-order chi connectivity index (χ1) is 13.4. The molecule has 0 aromatic heterocycles. The van der Waals surface area contributed by atoms with Crippen molar-refractivity contribution in [3.05, 3.63) is 28.8 Å². The molecule has 4 atom stereocenters. The van der Waals surface area contributed by atoms with Crippen molar-refractivity contribution in [1.29, 1.82) is 0 Å². The third kappa shape index (κ3) is 3.37. The number of hydrogen-bond acceptors (Lipinski definition) is 8. The molecule has 4 N–H and O–H groups in total. The summed E-state index contributed by atoms with van der Waals surface area (Å²) in [7, 11) is 1.68. The summed E-state index contributed by atoms with van der Waals surface area (Å²) < 4.78 is 15.3. The van der Waals surface area contributed by atoms with Crippen LogP contribution in [0.15, 0.2) is 12.1 Å². The van der Waals surface area contributed by atoms with Crippen LogP contribution in [0.2, 0.25) is 0 Å². The van der Waals surface area contributed by atoms with Crippen molar-refractivity contribution < 1.29 is 39.1 Å². The standard InChI is InChI=1S/C16H15NO7.C3H8O/c18-2-1-6-11-7(4-10-15(6)24-5-23-10)8-3-9(19)13(20)14(21)12(8)17-16(11)22;1-3-4-2/h2-4,9,12-14,19-21H,1,5H2,(H,17,22);3H2,1-2H3/t9-,12+,13?,14?;/m0./s1. The molecular formula is C19H23NO8. The Morgan fingerprint density at radius 2 is 2.00 bits per heavy atom. The van der Waals surface area contributed by atoms with Crippen molar-refractivity contribution in [3.8, 4) is 11.5 Å². The van der Waals surface area contributed by atoms with Crippen molar-refractivity contribution in [2.45, 2.75) is 37.7 Å². The third-order valence-electron chi connectivity index (χ3n) is 4.89. The minimum atomic E-state index is -1.40. The first-order valence-corrected chi connectivity index (χ1v) is 8.89. The highest BCUT2D eigenvalue weighted by atomic mass is 16.7. The number of carbonyl (C=O) groups excluding carboxylic acids is 2. The second-order valence-corrected chi connectivity index (χ2v) is 6.50. The van der Waals surface area contributed by atoms with Gasteiger partial charge in [-0.15, -0.1) is 0 Å². The van der Waals surface area contributed by atoms with Gasteiger partial charge in [-0.2, -0.15) is 0 Å². The van der Waals surface area contributed by atoms with E-state index in [4.69, 9.17) is 9.47 Å². The number of rotatable bonds is 3. The highest BCUT2D eigenvalue weighted by molar-refractivity contribution is 6.07. The van der Waals surface area contributed by atoms with Gasteiger partial charge >= 0.3 is 0 Å². The lowest BCUT2D eigenvalue weighted by molar-refractivity contribution is -0.107. The van der Waals surface area contributed by atoms with E-state index in [1.807, 2.05) is 6.92 Å². The molecule has 0 saturated carbocycles. The maximum atomic E-state index is 12.6. The van der Waals surface area contributed by atoms with Crippen molar-refractivity contribution in [1.82, 2.24) is 5.32 Å². The minimum absolute atomic E-state index is 0.0157. The van der Waals surface area contributed by atoms with Crippen molar-refractivity contribution >= 4 is 17.8 Å². The molecule has 1 aromatic rings. The van der Waals surface area contributed by atoms with E-state index in [1.165, 1.54) is 6.08 Å². The quantitative estimate of drug-likeness (QED) is 0.500. The third-order valence-corrected chi connectivity index (χ3v) is 4.89. The van der Waals surface area contributed by atoms with Crippen LogP contribution in [0.3, 0.4) is 0 Å². The summed E-state index contributed by atoms with van der Waals surface area (Å²) in [5.41, 5.74) is 1.58. The molecule has 2 unspecified atom stereocenters. The molecule has 4 rings (SSSR count). The summed E-state index contributed by atoms with van der Waals surface area (Å²) in [5, 5.41) is 32.6. The van der Waals surface area contributed by atoms with E-state index < -0.39 is 30.3 Å². The monoisotopic (exact) mass is 393 g/mol. The average Bonchev–Trinajstić information content (AvgIpc) is 3.16. The molecule has 9 nitrogen and oxygen atoms in total. The molecule has 0 radical (unpaired) electrons. The van der Waals surface area contributed by atoms with Gasteiger partial charge in [0.05, 0.1) is 11.6 Å². The number of nitrogens with one attached hydrogen (secondary N) is 1. The molecule has 3 aliphatic rings. The second-order valence-electron chi connectivity index (χ2n) is 6.50. The zero-order chi connectivity index (χ0) is 20.4. The Bertz CT molecular complexity index is 804. The molecule has 0 bridgehead atoms. The van der Waals surface area contributed by atoms with Gasteiger partial charge in [-0.05, 0) is 30.2 Å². The molecule has 0 saturated heterocycles. The number of fused-ring (bicyclic) bond motifs is 4. The number of aliphatic hydroxyl groups is 3. The largest absolute Gasteiger partial charge is 0.454 e. The number of ether oxygens (including phenoxy) is 3. The van der Waals surface area contributed by atoms with E-state index in [0.29, 0.717) is 34.5 Å². The van der Waals surface area contributed by atoms with Gasteiger partial charge in [-0.3, -0.25) is 4.79 Å². The van der Waals surface area contributed by atoms with Crippen LogP contribution < -0.4 is 14.8 Å². The van der Waals surface area contributed by atoms with Crippen LogP contribution in [0, 0.1) is 0 Å². The van der Waals surface area contributed by atoms with E-state index >= 15 is 0 Å². The van der Waals surface area contributed by atoms with Crippen molar-refractivity contribution in [3.63, 3.8) is 0 Å². The van der Waals surface area contributed by atoms with E-state index in [0.717, 1.165) is 6.61 Å². The first kappa shape index (κ1) is 20.3. The molecule has 0 fully saturated rings. The fraction of sp³-hybridized carbons (Fsp3) is 0.474. The van der Waals surface area contributed by atoms with E-state index in [1.54, 1.807) is 13.2 Å². The van der Waals surface area contributed by atoms with Gasteiger partial charge in [0.25, 0.3) is 5.91 Å². The summed E-state index contributed by atoms with van der Waals surface area (Å²) >= 11 is 0. The molecule has 2 aliphatic heterocycles. The summed E-state index contributed by atoms with van der Waals surface area (Å²) in [5.74, 6) is 0.270. The second kappa shape index (κ2) is 8.27. The highest BCUT2D eigenvalue weighted by Gasteiger charge is 2.44. The summed E-state index contributed by atoms with van der Waals surface area (Å²) in [6, 6.07) is 0.744. The molecule has 1 aromatic carbocycles. The molecule has 9 heteroatoms. The summed E-state index contributed by atoms with van der Waals surface area (Å²) in [4.78, 5) is 23.6. The van der Waals surface area contributed by atoms with Crippen molar-refractivity contribution in [2.75, 3.05) is 20.5 Å². The number of methoxy groups -OCH3 is 1. The Kier molecular flexibility index (Phi) is 5.99. The molecule has 28 heavy (non-hydrogen) atoms. The molecule has 1 aliphatic carbocycles. The van der Waals surface area contributed by atoms with Crippen LogP contribution in [0.4, 0.5) is 0 Å².